The van der Waals surface area contributed by atoms with Gasteiger partial charge < -0.3 is 10.2 Å². The molecule has 21 heavy (non-hydrogen) atoms. The summed E-state index contributed by atoms with van der Waals surface area (Å²) in [7, 11) is 6.07. The molecule has 0 saturated carbocycles. The number of halogens is 1. The molecule has 0 aromatic heterocycles. The van der Waals surface area contributed by atoms with Gasteiger partial charge in [0.15, 0.2) is 0 Å². The standard InChI is InChI=1S/C10H15N.C8H11N.ClH/c1-9(11-2)8-10-6-4-3-5-7-10;1-9(2)8-6-4-3-5-7-8;/h3-7,9,11H,8H2,1-2H3;3-7H,1-2H3;1H/t9-;;/m0../s1. The molecule has 0 aliphatic carbocycles. The molecule has 0 unspecified atom stereocenters. The van der Waals surface area contributed by atoms with E-state index in [4.69, 9.17) is 0 Å². The van der Waals surface area contributed by atoms with Crippen LogP contribution in [-0.2, 0) is 6.42 Å². The van der Waals surface area contributed by atoms with Gasteiger partial charge in [-0.05, 0) is 38.1 Å². The van der Waals surface area contributed by atoms with Crippen LogP contribution < -0.4 is 10.2 Å². The maximum Gasteiger partial charge on any atom is 0.0360 e. The Morgan fingerprint density at radius 3 is 1.76 bits per heavy atom. The summed E-state index contributed by atoms with van der Waals surface area (Å²) in [6.07, 6.45) is 1.11. The smallest absolute Gasteiger partial charge is 0.0360 e. The zero-order valence-electron chi connectivity index (χ0n) is 13.4. The van der Waals surface area contributed by atoms with Gasteiger partial charge in [0.05, 0.1) is 0 Å². The monoisotopic (exact) mass is 306 g/mol. The third-order valence-electron chi connectivity index (χ3n) is 3.15. The summed E-state index contributed by atoms with van der Waals surface area (Å²) in [6, 6.07) is 21.4. The summed E-state index contributed by atoms with van der Waals surface area (Å²) >= 11 is 0. The number of anilines is 1. The number of likely N-dealkylation sites (N-methyl/N-ethyl adjacent to an activating group) is 1. The van der Waals surface area contributed by atoms with Crippen molar-refractivity contribution < 1.29 is 0 Å². The Bertz CT molecular complexity index is 457. The van der Waals surface area contributed by atoms with Gasteiger partial charge in [0.25, 0.3) is 0 Å². The molecule has 0 saturated heterocycles. The molecule has 0 aliphatic rings. The van der Waals surface area contributed by atoms with Crippen molar-refractivity contribution >= 4 is 18.1 Å². The third-order valence-corrected chi connectivity index (χ3v) is 3.15. The molecule has 2 aromatic rings. The van der Waals surface area contributed by atoms with Crippen LogP contribution in [-0.4, -0.2) is 27.2 Å². The molecule has 2 rings (SSSR count). The maximum absolute atomic E-state index is 3.21. The molecule has 0 radical (unpaired) electrons. The van der Waals surface area contributed by atoms with E-state index in [0.29, 0.717) is 6.04 Å². The Morgan fingerprint density at radius 1 is 0.905 bits per heavy atom. The Labute approximate surface area is 135 Å². The fraction of sp³-hybridized carbons (Fsp3) is 0.333. The summed E-state index contributed by atoms with van der Waals surface area (Å²) < 4.78 is 0. The largest absolute Gasteiger partial charge is 0.378 e. The summed E-state index contributed by atoms with van der Waals surface area (Å²) in [6.45, 7) is 2.19. The minimum absolute atomic E-state index is 0. The van der Waals surface area contributed by atoms with Crippen LogP contribution in [0.2, 0.25) is 0 Å². The zero-order valence-corrected chi connectivity index (χ0v) is 14.2. The minimum atomic E-state index is 0. The van der Waals surface area contributed by atoms with Crippen LogP contribution in [0.1, 0.15) is 12.5 Å². The summed E-state index contributed by atoms with van der Waals surface area (Å²) in [5.74, 6) is 0. The first-order valence-corrected chi connectivity index (χ1v) is 7.07. The van der Waals surface area contributed by atoms with Crippen molar-refractivity contribution in [3.8, 4) is 0 Å². The quantitative estimate of drug-likeness (QED) is 0.918. The van der Waals surface area contributed by atoms with Crippen LogP contribution in [0.25, 0.3) is 0 Å². The van der Waals surface area contributed by atoms with Crippen LogP contribution in [0, 0.1) is 0 Å². The molecule has 0 heterocycles. The highest BCUT2D eigenvalue weighted by molar-refractivity contribution is 5.85. The van der Waals surface area contributed by atoms with Crippen molar-refractivity contribution in [2.24, 2.45) is 0 Å². The zero-order chi connectivity index (χ0) is 14.8. The van der Waals surface area contributed by atoms with Gasteiger partial charge in [0.1, 0.15) is 0 Å². The molecular weight excluding hydrogens is 280 g/mol. The molecule has 0 amide bonds. The molecule has 0 bridgehead atoms. The topological polar surface area (TPSA) is 15.3 Å². The van der Waals surface area contributed by atoms with Crippen molar-refractivity contribution in [1.82, 2.24) is 5.32 Å². The predicted octanol–water partition coefficient (Wildman–Crippen LogP) is 4.01. The SMILES string of the molecule is CN(C)c1ccccc1.CN[C@@H](C)Cc1ccccc1.Cl. The average Bonchev–Trinajstić information content (AvgIpc) is 2.49. The second-order valence-electron chi connectivity index (χ2n) is 5.11. The van der Waals surface area contributed by atoms with Gasteiger partial charge >= 0.3 is 0 Å². The number of benzene rings is 2. The lowest BCUT2D eigenvalue weighted by molar-refractivity contribution is 0.608. The molecule has 0 fully saturated rings. The Balaban J connectivity index is 0.000000370. The lowest BCUT2D eigenvalue weighted by Gasteiger charge is -2.10. The highest BCUT2D eigenvalue weighted by Gasteiger charge is 1.97. The van der Waals surface area contributed by atoms with E-state index < -0.39 is 0 Å². The number of nitrogens with zero attached hydrogens (tertiary/aromatic N) is 1. The van der Waals surface area contributed by atoms with Gasteiger partial charge in [-0.15, -0.1) is 12.4 Å². The first-order chi connectivity index (χ1) is 9.63. The molecule has 2 nitrogen and oxygen atoms in total. The summed E-state index contributed by atoms with van der Waals surface area (Å²) in [5.41, 5.74) is 2.65. The molecule has 1 N–H and O–H groups in total. The van der Waals surface area contributed by atoms with E-state index in [1.165, 1.54) is 11.3 Å². The summed E-state index contributed by atoms with van der Waals surface area (Å²) in [5, 5.41) is 3.21. The number of hydrogen-bond acceptors (Lipinski definition) is 2. The van der Waals surface area contributed by atoms with Crippen molar-refractivity contribution in [3.05, 3.63) is 66.2 Å². The minimum Gasteiger partial charge on any atom is -0.378 e. The third kappa shape index (κ3) is 8.38. The fourth-order valence-electron chi connectivity index (χ4n) is 1.80. The van der Waals surface area contributed by atoms with E-state index in [0.717, 1.165) is 6.42 Å². The van der Waals surface area contributed by atoms with E-state index in [-0.39, 0.29) is 12.4 Å². The molecule has 2 aromatic carbocycles. The van der Waals surface area contributed by atoms with Crippen LogP contribution in [0.4, 0.5) is 5.69 Å². The molecular formula is C18H27ClN2. The molecule has 116 valence electrons. The normalized spacial score (nSPS) is 10.7. The van der Waals surface area contributed by atoms with E-state index in [1.54, 1.807) is 0 Å². The van der Waals surface area contributed by atoms with E-state index >= 15 is 0 Å². The lowest BCUT2D eigenvalue weighted by Crippen LogP contribution is -2.23. The molecule has 0 spiro atoms. The number of rotatable bonds is 4. The number of para-hydroxylation sites is 1. The van der Waals surface area contributed by atoms with Crippen LogP contribution in [0.3, 0.4) is 0 Å². The second kappa shape index (κ2) is 11.2. The van der Waals surface area contributed by atoms with Gasteiger partial charge in [-0.1, -0.05) is 48.5 Å². The highest BCUT2D eigenvalue weighted by atomic mass is 35.5. The second-order valence-corrected chi connectivity index (χ2v) is 5.11. The van der Waals surface area contributed by atoms with E-state index in [9.17, 15) is 0 Å². The van der Waals surface area contributed by atoms with Crippen molar-refractivity contribution in [2.75, 3.05) is 26.0 Å². The molecule has 1 atom stereocenters. The predicted molar refractivity (Wildman–Crippen MR) is 96.7 cm³/mol. The maximum atomic E-state index is 3.21. The number of hydrogen-bond donors (Lipinski definition) is 1. The Morgan fingerprint density at radius 2 is 1.38 bits per heavy atom. The average molecular weight is 307 g/mol. The van der Waals surface area contributed by atoms with E-state index in [2.05, 4.69) is 53.5 Å². The highest BCUT2D eigenvalue weighted by Crippen LogP contribution is 2.07. The van der Waals surface area contributed by atoms with Gasteiger partial charge in [-0.2, -0.15) is 0 Å². The van der Waals surface area contributed by atoms with Crippen LogP contribution in [0.15, 0.2) is 60.7 Å². The molecule has 0 aliphatic heterocycles. The van der Waals surface area contributed by atoms with Crippen molar-refractivity contribution in [2.45, 2.75) is 19.4 Å². The van der Waals surface area contributed by atoms with Crippen molar-refractivity contribution in [1.29, 1.82) is 0 Å². The van der Waals surface area contributed by atoms with Crippen LogP contribution in [0.5, 0.6) is 0 Å². The van der Waals surface area contributed by atoms with Gasteiger partial charge in [-0.3, -0.25) is 0 Å². The first kappa shape index (κ1) is 19.5. The van der Waals surface area contributed by atoms with Gasteiger partial charge in [0.2, 0.25) is 0 Å². The lowest BCUT2D eigenvalue weighted by atomic mass is 10.1. The molecule has 3 heteroatoms. The fourth-order valence-corrected chi connectivity index (χ4v) is 1.80. The first-order valence-electron chi connectivity index (χ1n) is 7.07. The Kier molecular flexibility index (Phi) is 10.4. The van der Waals surface area contributed by atoms with Gasteiger partial charge in [-0.25, -0.2) is 0 Å². The van der Waals surface area contributed by atoms with Gasteiger partial charge in [0, 0.05) is 25.8 Å². The summed E-state index contributed by atoms with van der Waals surface area (Å²) in [4.78, 5) is 2.08. The number of nitrogens with one attached hydrogen (secondary N) is 1. The van der Waals surface area contributed by atoms with Crippen molar-refractivity contribution in [3.63, 3.8) is 0 Å². The Hall–Kier alpha value is -1.51. The van der Waals surface area contributed by atoms with Crippen LogP contribution >= 0.6 is 12.4 Å². The van der Waals surface area contributed by atoms with E-state index in [1.807, 2.05) is 45.4 Å².